The molecule has 0 saturated heterocycles. The van der Waals surface area contributed by atoms with Crippen LogP contribution in [-0.4, -0.2) is 25.0 Å². The quantitative estimate of drug-likeness (QED) is 0.430. The maximum Gasteiger partial charge on any atom is 0.405 e. The van der Waals surface area contributed by atoms with Crippen molar-refractivity contribution in [3.05, 3.63) is 32.5 Å². The fourth-order valence-corrected chi connectivity index (χ4v) is 3.06. The average Bonchev–Trinajstić information content (AvgIpc) is 2.62. The Morgan fingerprint density at radius 3 is 2.68 bits per heavy atom. The Bertz CT molecular complexity index is 708. The molecule has 1 aromatic heterocycles. The van der Waals surface area contributed by atoms with E-state index >= 15 is 0 Å². The van der Waals surface area contributed by atoms with Gasteiger partial charge in [0.25, 0.3) is 11.1 Å². The fourth-order valence-electron chi connectivity index (χ4n) is 2.46. The van der Waals surface area contributed by atoms with E-state index in [4.69, 9.17) is 45.3 Å². The lowest BCUT2D eigenvalue weighted by Crippen LogP contribution is -2.31. The first kappa shape index (κ1) is 19.8. The summed E-state index contributed by atoms with van der Waals surface area (Å²) in [6.45, 7) is 0.0804. The number of allylic oxidation sites excluding steroid dienone is 1. The fraction of sp³-hybridized carbons (Fsp3) is 0.438. The molecule has 136 valence electrons. The topological polar surface area (TPSA) is 95.6 Å². The number of aromatic nitrogens is 1. The van der Waals surface area contributed by atoms with E-state index in [2.05, 4.69) is 16.4 Å². The minimum absolute atomic E-state index is 0.0120. The number of nitrogens with one attached hydrogen (secondary N) is 2. The lowest BCUT2D eigenvalue weighted by Gasteiger charge is -2.12. The van der Waals surface area contributed by atoms with Gasteiger partial charge in [0.05, 0.1) is 5.69 Å². The van der Waals surface area contributed by atoms with Crippen LogP contribution in [0.25, 0.3) is 0 Å². The van der Waals surface area contributed by atoms with Crippen molar-refractivity contribution in [2.45, 2.75) is 32.1 Å². The molecule has 0 atom stereocenters. The second kappa shape index (κ2) is 9.27. The van der Waals surface area contributed by atoms with Crippen LogP contribution in [0.4, 0.5) is 5.69 Å². The van der Waals surface area contributed by atoms with E-state index in [0.29, 0.717) is 6.54 Å². The summed E-state index contributed by atoms with van der Waals surface area (Å²) in [6, 6.07) is 0. The summed E-state index contributed by atoms with van der Waals surface area (Å²) in [7, 11) is 0. The summed E-state index contributed by atoms with van der Waals surface area (Å²) in [5.74, 6) is -1.24. The molecule has 0 fully saturated rings. The van der Waals surface area contributed by atoms with Crippen LogP contribution in [-0.2, 0) is 9.53 Å². The van der Waals surface area contributed by atoms with Crippen LogP contribution < -0.4 is 16.0 Å². The first-order chi connectivity index (χ1) is 11.9. The number of pyridine rings is 1. The molecule has 1 aromatic rings. The molecular weight excluding hydrogens is 389 g/mol. The molecule has 0 aromatic carbocycles. The van der Waals surface area contributed by atoms with E-state index in [9.17, 15) is 9.59 Å². The maximum atomic E-state index is 12.0. The van der Waals surface area contributed by atoms with E-state index in [1.807, 2.05) is 0 Å². The zero-order chi connectivity index (χ0) is 18.4. The second-order valence-electron chi connectivity index (χ2n) is 5.64. The summed E-state index contributed by atoms with van der Waals surface area (Å²) in [4.78, 5) is 26.3. The van der Waals surface area contributed by atoms with E-state index < -0.39 is 18.5 Å². The molecule has 1 aliphatic carbocycles. The van der Waals surface area contributed by atoms with Crippen LogP contribution in [0, 0.1) is 0 Å². The lowest BCUT2D eigenvalue weighted by molar-refractivity contribution is -0.380. The molecule has 0 spiro atoms. The first-order valence-corrected chi connectivity index (χ1v) is 9.00. The van der Waals surface area contributed by atoms with Crippen molar-refractivity contribution in [2.24, 2.45) is 0 Å². The third kappa shape index (κ3) is 5.49. The SMILES string of the molecule is Nc1c(Cl)c(Cl)[nH+]c(C(=O)OCC(=O)NCCC2=CCCCC2)c1Cl. The molecule has 0 aliphatic heterocycles. The smallest absolute Gasteiger partial charge is 0.405 e. The molecule has 0 saturated carbocycles. The molecular formula is C16H19Cl3N3O3+. The Morgan fingerprint density at radius 2 is 2.00 bits per heavy atom. The highest BCUT2D eigenvalue weighted by Crippen LogP contribution is 2.32. The standard InChI is InChI=1S/C16H18Cl3N3O3/c17-11-13(20)12(18)15(19)22-14(11)16(24)25-8-10(23)21-7-6-9-4-2-1-3-5-9/h4H,1-3,5-8H2,(H2,20,22)(H,21,23)/p+1. The second-order valence-corrected chi connectivity index (χ2v) is 6.77. The minimum Gasteiger partial charge on any atom is -0.448 e. The number of rotatable bonds is 6. The summed E-state index contributed by atoms with van der Waals surface area (Å²) in [5, 5.41) is 2.57. The van der Waals surface area contributed by atoms with E-state index in [-0.39, 0.29) is 26.6 Å². The van der Waals surface area contributed by atoms with Gasteiger partial charge in [-0.1, -0.05) is 34.9 Å². The molecule has 1 amide bonds. The van der Waals surface area contributed by atoms with Crippen LogP contribution in [0.1, 0.15) is 42.6 Å². The number of nitrogens with two attached hydrogens (primary N) is 1. The number of halogens is 3. The Kier molecular flexibility index (Phi) is 7.35. The number of hydrogen-bond acceptors (Lipinski definition) is 4. The molecule has 1 aliphatic rings. The van der Waals surface area contributed by atoms with Crippen LogP contribution in [0.3, 0.4) is 0 Å². The highest BCUT2D eigenvalue weighted by molar-refractivity contribution is 6.45. The van der Waals surface area contributed by atoms with Gasteiger partial charge in [-0.2, -0.15) is 4.98 Å². The summed E-state index contributed by atoms with van der Waals surface area (Å²) >= 11 is 17.6. The predicted molar refractivity (Wildman–Crippen MR) is 96.9 cm³/mol. The molecule has 0 bridgehead atoms. The Labute approximate surface area is 160 Å². The van der Waals surface area contributed by atoms with E-state index in [1.165, 1.54) is 18.4 Å². The minimum atomic E-state index is -0.847. The number of anilines is 1. The van der Waals surface area contributed by atoms with Crippen molar-refractivity contribution in [1.82, 2.24) is 5.32 Å². The number of carbonyl (C=O) groups excluding carboxylic acids is 2. The number of H-pyrrole nitrogens is 1. The van der Waals surface area contributed by atoms with Gasteiger partial charge < -0.3 is 15.8 Å². The highest BCUT2D eigenvalue weighted by atomic mass is 35.5. The monoisotopic (exact) mass is 406 g/mol. The Balaban J connectivity index is 1.81. The molecule has 0 unspecified atom stereocenters. The van der Waals surface area contributed by atoms with Gasteiger partial charge in [0.15, 0.2) is 6.61 Å². The van der Waals surface area contributed by atoms with Gasteiger partial charge in [-0.15, -0.1) is 0 Å². The zero-order valence-corrected chi connectivity index (χ0v) is 15.7. The van der Waals surface area contributed by atoms with Crippen molar-refractivity contribution in [2.75, 3.05) is 18.9 Å². The molecule has 2 rings (SSSR count). The third-order valence-electron chi connectivity index (χ3n) is 3.81. The van der Waals surface area contributed by atoms with Gasteiger partial charge in [0, 0.05) is 6.54 Å². The van der Waals surface area contributed by atoms with Gasteiger partial charge in [-0.05, 0) is 43.7 Å². The predicted octanol–water partition coefficient (Wildman–Crippen LogP) is 3.21. The van der Waals surface area contributed by atoms with Gasteiger partial charge in [0.1, 0.15) is 10.0 Å². The number of amides is 1. The van der Waals surface area contributed by atoms with Crippen LogP contribution >= 0.6 is 34.8 Å². The van der Waals surface area contributed by atoms with Crippen molar-refractivity contribution in [3.8, 4) is 0 Å². The Hall–Kier alpha value is -1.50. The third-order valence-corrected chi connectivity index (χ3v) is 4.98. The molecule has 6 nitrogen and oxygen atoms in total. The van der Waals surface area contributed by atoms with Gasteiger partial charge >= 0.3 is 11.7 Å². The van der Waals surface area contributed by atoms with E-state index in [0.717, 1.165) is 19.3 Å². The molecule has 0 radical (unpaired) electrons. The maximum absolute atomic E-state index is 12.0. The number of aromatic amines is 1. The van der Waals surface area contributed by atoms with Crippen molar-refractivity contribution in [3.63, 3.8) is 0 Å². The van der Waals surface area contributed by atoms with Crippen molar-refractivity contribution >= 4 is 52.4 Å². The van der Waals surface area contributed by atoms with Crippen LogP contribution in [0.5, 0.6) is 0 Å². The molecule has 1 heterocycles. The van der Waals surface area contributed by atoms with Gasteiger partial charge in [-0.25, -0.2) is 4.79 Å². The normalized spacial score (nSPS) is 14.0. The number of ether oxygens (including phenoxy) is 1. The lowest BCUT2D eigenvalue weighted by atomic mass is 9.97. The average molecular weight is 408 g/mol. The Morgan fingerprint density at radius 1 is 1.24 bits per heavy atom. The summed E-state index contributed by atoms with van der Waals surface area (Å²) in [5.41, 5.74) is 6.81. The van der Waals surface area contributed by atoms with Gasteiger partial charge in [0.2, 0.25) is 0 Å². The number of esters is 1. The molecule has 4 N–H and O–H groups in total. The summed E-state index contributed by atoms with van der Waals surface area (Å²) < 4.78 is 4.92. The van der Waals surface area contributed by atoms with E-state index in [1.54, 1.807) is 0 Å². The first-order valence-electron chi connectivity index (χ1n) is 7.87. The van der Waals surface area contributed by atoms with Crippen molar-refractivity contribution in [1.29, 1.82) is 0 Å². The number of nitrogen functional groups attached to an aromatic ring is 1. The largest absolute Gasteiger partial charge is 0.448 e. The van der Waals surface area contributed by atoms with Gasteiger partial charge in [-0.3, -0.25) is 4.79 Å². The highest BCUT2D eigenvalue weighted by Gasteiger charge is 2.27. The molecule has 25 heavy (non-hydrogen) atoms. The molecule has 9 heteroatoms. The number of hydrogen-bond donors (Lipinski definition) is 2. The van der Waals surface area contributed by atoms with Crippen LogP contribution in [0.2, 0.25) is 15.2 Å². The van der Waals surface area contributed by atoms with Crippen molar-refractivity contribution < 1.29 is 19.3 Å². The zero-order valence-electron chi connectivity index (χ0n) is 13.5. The summed E-state index contributed by atoms with van der Waals surface area (Å²) in [6.07, 6.45) is 7.64. The number of carbonyl (C=O) groups is 2. The van der Waals surface area contributed by atoms with Crippen LogP contribution in [0.15, 0.2) is 11.6 Å².